The maximum atomic E-state index is 14.2. The van der Waals surface area contributed by atoms with Gasteiger partial charge in [-0.05, 0) is 78.6 Å². The highest BCUT2D eigenvalue weighted by molar-refractivity contribution is 7.90. The van der Waals surface area contributed by atoms with E-state index in [1.807, 2.05) is 0 Å². The highest BCUT2D eigenvalue weighted by Crippen LogP contribution is 2.40. The molecule has 0 saturated heterocycles. The lowest BCUT2D eigenvalue weighted by molar-refractivity contribution is 0.570. The van der Waals surface area contributed by atoms with E-state index in [1.165, 1.54) is 34.4 Å². The molecule has 0 saturated carbocycles. The molecule has 2 aromatic carbocycles. The zero-order chi connectivity index (χ0) is 17.5. The number of aryl methyl sites for hydroxylation is 2. The molecule has 3 rings (SSSR count). The number of hydrogen-bond acceptors (Lipinski definition) is 2. The lowest BCUT2D eigenvalue weighted by atomic mass is 9.95. The quantitative estimate of drug-likeness (QED) is 0.790. The first-order chi connectivity index (χ1) is 11.3. The van der Waals surface area contributed by atoms with Crippen LogP contribution in [0, 0.1) is 19.7 Å². The summed E-state index contributed by atoms with van der Waals surface area (Å²) in [5.41, 5.74) is 6.82. The average Bonchev–Trinajstić information content (AvgIpc) is 2.98. The Morgan fingerprint density at radius 3 is 2.00 bits per heavy atom. The number of benzene rings is 2. The number of hydrogen-bond donors (Lipinski definition) is 0. The highest BCUT2D eigenvalue weighted by Gasteiger charge is 2.20. The SMILES string of the molecule is Cc1ccc(C2=C(c3ccc(S(C)(=O)=O)c(F)c3)CCC2)cc1C. The van der Waals surface area contributed by atoms with Gasteiger partial charge in [0.2, 0.25) is 0 Å². The Hall–Kier alpha value is -1.94. The number of halogens is 1. The lowest BCUT2D eigenvalue weighted by Gasteiger charge is -2.11. The van der Waals surface area contributed by atoms with Crippen LogP contribution in [0.25, 0.3) is 11.1 Å². The summed E-state index contributed by atoms with van der Waals surface area (Å²) >= 11 is 0. The molecule has 0 spiro atoms. The maximum Gasteiger partial charge on any atom is 0.178 e. The van der Waals surface area contributed by atoms with Gasteiger partial charge in [0.25, 0.3) is 0 Å². The van der Waals surface area contributed by atoms with Crippen molar-refractivity contribution in [3.63, 3.8) is 0 Å². The Bertz CT molecular complexity index is 940. The molecule has 126 valence electrons. The van der Waals surface area contributed by atoms with Crippen molar-refractivity contribution < 1.29 is 12.8 Å². The van der Waals surface area contributed by atoms with Gasteiger partial charge < -0.3 is 0 Å². The van der Waals surface area contributed by atoms with Gasteiger partial charge in [-0.2, -0.15) is 0 Å². The van der Waals surface area contributed by atoms with Gasteiger partial charge in [0.1, 0.15) is 10.7 Å². The summed E-state index contributed by atoms with van der Waals surface area (Å²) in [5, 5.41) is 0. The van der Waals surface area contributed by atoms with Crippen molar-refractivity contribution in [2.75, 3.05) is 6.26 Å². The van der Waals surface area contributed by atoms with E-state index in [2.05, 4.69) is 32.0 Å². The standard InChI is InChI=1S/C20H21FO2S/c1-13-7-8-15(11-14(13)2)17-5-4-6-18(17)16-9-10-20(19(21)12-16)24(3,22)23/h7-12H,4-6H2,1-3H3. The fourth-order valence-corrected chi connectivity index (χ4v) is 4.03. The summed E-state index contributed by atoms with van der Waals surface area (Å²) in [6.07, 6.45) is 3.92. The van der Waals surface area contributed by atoms with E-state index in [0.717, 1.165) is 36.7 Å². The van der Waals surface area contributed by atoms with Crippen LogP contribution in [0.1, 0.15) is 41.5 Å². The Labute approximate surface area is 143 Å². The zero-order valence-electron chi connectivity index (χ0n) is 14.2. The molecule has 0 atom stereocenters. The van der Waals surface area contributed by atoms with E-state index in [0.29, 0.717) is 0 Å². The Balaban J connectivity index is 2.09. The molecular formula is C20H21FO2S. The molecular weight excluding hydrogens is 323 g/mol. The van der Waals surface area contributed by atoms with Crippen LogP contribution < -0.4 is 0 Å². The van der Waals surface area contributed by atoms with Crippen LogP contribution >= 0.6 is 0 Å². The first-order valence-electron chi connectivity index (χ1n) is 8.07. The van der Waals surface area contributed by atoms with Crippen molar-refractivity contribution in [2.24, 2.45) is 0 Å². The zero-order valence-corrected chi connectivity index (χ0v) is 15.0. The van der Waals surface area contributed by atoms with Crippen molar-refractivity contribution in [2.45, 2.75) is 38.0 Å². The van der Waals surface area contributed by atoms with Crippen molar-refractivity contribution in [3.05, 3.63) is 64.5 Å². The van der Waals surface area contributed by atoms with E-state index >= 15 is 0 Å². The second-order valence-corrected chi connectivity index (χ2v) is 8.51. The summed E-state index contributed by atoms with van der Waals surface area (Å²) in [6, 6.07) is 10.9. The van der Waals surface area contributed by atoms with Crippen LogP contribution in [0.15, 0.2) is 41.3 Å². The molecule has 24 heavy (non-hydrogen) atoms. The smallest absolute Gasteiger partial charge is 0.178 e. The van der Waals surface area contributed by atoms with Gasteiger partial charge >= 0.3 is 0 Å². The normalized spacial score (nSPS) is 15.2. The molecule has 0 radical (unpaired) electrons. The van der Waals surface area contributed by atoms with Crippen LogP contribution in [-0.4, -0.2) is 14.7 Å². The van der Waals surface area contributed by atoms with Crippen LogP contribution in [-0.2, 0) is 9.84 Å². The molecule has 1 aliphatic rings. The number of rotatable bonds is 3. The third kappa shape index (κ3) is 3.16. The molecule has 0 N–H and O–H groups in total. The fourth-order valence-electron chi connectivity index (χ4n) is 3.30. The third-order valence-electron chi connectivity index (χ3n) is 4.75. The summed E-state index contributed by atoms with van der Waals surface area (Å²) in [5.74, 6) is -0.672. The van der Waals surface area contributed by atoms with Crippen molar-refractivity contribution in [1.29, 1.82) is 0 Å². The van der Waals surface area contributed by atoms with Gasteiger partial charge in [-0.3, -0.25) is 0 Å². The van der Waals surface area contributed by atoms with E-state index < -0.39 is 15.7 Å². The lowest BCUT2D eigenvalue weighted by Crippen LogP contribution is -2.01. The molecule has 4 heteroatoms. The maximum absolute atomic E-state index is 14.2. The molecule has 2 aromatic rings. The summed E-state index contributed by atoms with van der Waals surface area (Å²) in [4.78, 5) is -0.238. The van der Waals surface area contributed by atoms with Gasteiger partial charge in [-0.25, -0.2) is 12.8 Å². The first-order valence-corrected chi connectivity index (χ1v) is 9.96. The largest absolute Gasteiger partial charge is 0.224 e. The summed E-state index contributed by atoms with van der Waals surface area (Å²) in [7, 11) is -3.54. The highest BCUT2D eigenvalue weighted by atomic mass is 32.2. The fraction of sp³-hybridized carbons (Fsp3) is 0.300. The minimum Gasteiger partial charge on any atom is -0.224 e. The molecule has 0 aromatic heterocycles. The van der Waals surface area contributed by atoms with Gasteiger partial charge in [-0.15, -0.1) is 0 Å². The van der Waals surface area contributed by atoms with E-state index in [1.54, 1.807) is 6.07 Å². The summed E-state index contributed by atoms with van der Waals surface area (Å²) in [6.45, 7) is 4.18. The average molecular weight is 344 g/mol. The molecule has 0 aliphatic heterocycles. The first kappa shape index (κ1) is 16.9. The van der Waals surface area contributed by atoms with Gasteiger partial charge in [-0.1, -0.05) is 24.3 Å². The number of sulfone groups is 1. The molecule has 0 fully saturated rings. The van der Waals surface area contributed by atoms with E-state index in [9.17, 15) is 12.8 Å². The molecule has 0 bridgehead atoms. The van der Waals surface area contributed by atoms with Crippen LogP contribution in [0.2, 0.25) is 0 Å². The predicted octanol–water partition coefficient (Wildman–Crippen LogP) is 4.94. The second-order valence-electron chi connectivity index (χ2n) is 6.53. The van der Waals surface area contributed by atoms with Gasteiger partial charge in [0, 0.05) is 6.26 Å². The van der Waals surface area contributed by atoms with Crippen molar-refractivity contribution in [3.8, 4) is 0 Å². The summed E-state index contributed by atoms with van der Waals surface area (Å²) < 4.78 is 37.4. The minimum atomic E-state index is -3.54. The Morgan fingerprint density at radius 1 is 0.875 bits per heavy atom. The third-order valence-corrected chi connectivity index (χ3v) is 5.88. The second kappa shape index (κ2) is 6.17. The van der Waals surface area contributed by atoms with Crippen molar-refractivity contribution in [1.82, 2.24) is 0 Å². The van der Waals surface area contributed by atoms with Crippen LogP contribution in [0.5, 0.6) is 0 Å². The van der Waals surface area contributed by atoms with Gasteiger partial charge in [0.15, 0.2) is 9.84 Å². The van der Waals surface area contributed by atoms with Crippen LogP contribution in [0.4, 0.5) is 4.39 Å². The number of allylic oxidation sites excluding steroid dienone is 2. The topological polar surface area (TPSA) is 34.1 Å². The van der Waals surface area contributed by atoms with E-state index in [4.69, 9.17) is 0 Å². The molecule has 1 aliphatic carbocycles. The van der Waals surface area contributed by atoms with Crippen LogP contribution in [0.3, 0.4) is 0 Å². The monoisotopic (exact) mass is 344 g/mol. The molecule has 0 amide bonds. The Kier molecular flexibility index (Phi) is 4.35. The Morgan fingerprint density at radius 2 is 1.46 bits per heavy atom. The molecule has 0 heterocycles. The van der Waals surface area contributed by atoms with Gasteiger partial charge in [0.05, 0.1) is 0 Å². The molecule has 0 unspecified atom stereocenters. The van der Waals surface area contributed by atoms with E-state index in [-0.39, 0.29) is 4.90 Å². The predicted molar refractivity (Wildman–Crippen MR) is 96.1 cm³/mol. The van der Waals surface area contributed by atoms with Crippen molar-refractivity contribution >= 4 is 21.0 Å². The molecule has 2 nitrogen and oxygen atoms in total. The minimum absolute atomic E-state index is 0.238.